The van der Waals surface area contributed by atoms with E-state index in [4.69, 9.17) is 0 Å². The SMILES string of the molecule is O=C(NC1CCCCC1)c1cccn2c(=O)c3cc(C(F)(F)F)ccc3nc12. The fourth-order valence-corrected chi connectivity index (χ4v) is 3.69. The molecule has 4 rings (SSSR count). The average Bonchev–Trinajstić information content (AvgIpc) is 2.67. The molecule has 146 valence electrons. The van der Waals surface area contributed by atoms with Gasteiger partial charge in [-0.25, -0.2) is 4.98 Å². The Balaban J connectivity index is 1.81. The molecule has 1 aliphatic carbocycles. The van der Waals surface area contributed by atoms with Crippen LogP contribution in [0.1, 0.15) is 48.0 Å². The number of nitrogens with zero attached hydrogens (tertiary/aromatic N) is 2. The molecule has 1 N–H and O–H groups in total. The molecule has 2 aromatic heterocycles. The van der Waals surface area contributed by atoms with Gasteiger partial charge >= 0.3 is 6.18 Å². The maximum atomic E-state index is 13.0. The molecule has 1 aromatic carbocycles. The van der Waals surface area contributed by atoms with Crippen LogP contribution in [0.25, 0.3) is 16.6 Å². The van der Waals surface area contributed by atoms with E-state index in [1.165, 1.54) is 12.3 Å². The fraction of sp³-hybridized carbons (Fsp3) is 0.350. The number of pyridine rings is 1. The molecule has 0 atom stereocenters. The van der Waals surface area contributed by atoms with E-state index >= 15 is 0 Å². The van der Waals surface area contributed by atoms with E-state index in [1.54, 1.807) is 6.07 Å². The summed E-state index contributed by atoms with van der Waals surface area (Å²) in [6, 6.07) is 6.02. The molecule has 28 heavy (non-hydrogen) atoms. The van der Waals surface area contributed by atoms with Crippen molar-refractivity contribution < 1.29 is 18.0 Å². The first-order valence-corrected chi connectivity index (χ1v) is 9.18. The van der Waals surface area contributed by atoms with Crippen LogP contribution >= 0.6 is 0 Å². The number of halogens is 3. The number of fused-ring (bicyclic) bond motifs is 2. The van der Waals surface area contributed by atoms with Gasteiger partial charge in [0.15, 0.2) is 5.65 Å². The van der Waals surface area contributed by atoms with Crippen LogP contribution in [0.3, 0.4) is 0 Å². The predicted molar refractivity (Wildman–Crippen MR) is 98.3 cm³/mol. The summed E-state index contributed by atoms with van der Waals surface area (Å²) >= 11 is 0. The van der Waals surface area contributed by atoms with E-state index in [2.05, 4.69) is 10.3 Å². The molecule has 2 heterocycles. The smallest absolute Gasteiger partial charge is 0.349 e. The molecular formula is C20H18F3N3O2. The lowest BCUT2D eigenvalue weighted by Crippen LogP contribution is -2.36. The summed E-state index contributed by atoms with van der Waals surface area (Å²) in [4.78, 5) is 29.8. The Morgan fingerprint density at radius 3 is 2.61 bits per heavy atom. The topological polar surface area (TPSA) is 63.5 Å². The Kier molecular flexibility index (Phi) is 4.56. The highest BCUT2D eigenvalue weighted by molar-refractivity contribution is 6.00. The fourth-order valence-electron chi connectivity index (χ4n) is 3.69. The van der Waals surface area contributed by atoms with E-state index in [9.17, 15) is 22.8 Å². The lowest BCUT2D eigenvalue weighted by atomic mass is 9.95. The minimum absolute atomic E-state index is 0.0861. The molecule has 1 aliphatic rings. The second-order valence-corrected chi connectivity index (χ2v) is 7.07. The van der Waals surface area contributed by atoms with Crippen molar-refractivity contribution in [2.75, 3.05) is 0 Å². The monoisotopic (exact) mass is 389 g/mol. The largest absolute Gasteiger partial charge is 0.416 e. The Labute approximate surface area is 158 Å². The van der Waals surface area contributed by atoms with Crippen LogP contribution < -0.4 is 10.9 Å². The number of carbonyl (C=O) groups excluding carboxylic acids is 1. The van der Waals surface area contributed by atoms with Gasteiger partial charge in [0, 0.05) is 12.2 Å². The van der Waals surface area contributed by atoms with E-state index in [-0.39, 0.29) is 34.1 Å². The van der Waals surface area contributed by atoms with Gasteiger partial charge in [0.1, 0.15) is 0 Å². The van der Waals surface area contributed by atoms with Crippen LogP contribution in [0, 0.1) is 0 Å². The van der Waals surface area contributed by atoms with Crippen molar-refractivity contribution in [1.82, 2.24) is 14.7 Å². The second-order valence-electron chi connectivity index (χ2n) is 7.07. The van der Waals surface area contributed by atoms with Crippen LogP contribution in [0.2, 0.25) is 0 Å². The number of benzene rings is 1. The lowest BCUT2D eigenvalue weighted by Gasteiger charge is -2.23. The van der Waals surface area contributed by atoms with Gasteiger partial charge in [-0.1, -0.05) is 19.3 Å². The molecule has 3 aromatic rings. The third-order valence-corrected chi connectivity index (χ3v) is 5.15. The summed E-state index contributed by atoms with van der Waals surface area (Å²) in [5.41, 5.74) is -1.07. The zero-order valence-electron chi connectivity index (χ0n) is 14.9. The third kappa shape index (κ3) is 3.34. The zero-order valence-corrected chi connectivity index (χ0v) is 14.9. The molecule has 0 spiro atoms. The van der Waals surface area contributed by atoms with Gasteiger partial charge in [-0.15, -0.1) is 0 Å². The van der Waals surface area contributed by atoms with E-state index in [0.717, 1.165) is 54.7 Å². The van der Waals surface area contributed by atoms with E-state index < -0.39 is 17.3 Å². The number of alkyl halides is 3. The van der Waals surface area contributed by atoms with Gasteiger partial charge in [0.2, 0.25) is 0 Å². The molecular weight excluding hydrogens is 371 g/mol. The van der Waals surface area contributed by atoms with Crippen molar-refractivity contribution in [3.63, 3.8) is 0 Å². The number of amides is 1. The molecule has 0 aliphatic heterocycles. The first kappa shape index (κ1) is 18.5. The normalized spacial score (nSPS) is 15.8. The first-order chi connectivity index (χ1) is 13.3. The average molecular weight is 389 g/mol. The van der Waals surface area contributed by atoms with Crippen LogP contribution in [0.4, 0.5) is 13.2 Å². The van der Waals surface area contributed by atoms with Gasteiger partial charge in [-0.05, 0) is 43.2 Å². The van der Waals surface area contributed by atoms with Crippen molar-refractivity contribution >= 4 is 22.5 Å². The molecule has 0 unspecified atom stereocenters. The summed E-state index contributed by atoms with van der Waals surface area (Å²) in [6.45, 7) is 0. The Morgan fingerprint density at radius 2 is 1.89 bits per heavy atom. The molecule has 0 bridgehead atoms. The summed E-state index contributed by atoms with van der Waals surface area (Å²) in [6.07, 6.45) is 1.95. The first-order valence-electron chi connectivity index (χ1n) is 9.18. The van der Waals surface area contributed by atoms with E-state index in [0.29, 0.717) is 0 Å². The van der Waals surface area contributed by atoms with Crippen LogP contribution in [0.5, 0.6) is 0 Å². The molecule has 1 amide bonds. The summed E-state index contributed by atoms with van der Waals surface area (Å²) < 4.78 is 40.0. The molecule has 1 fully saturated rings. The number of nitrogens with one attached hydrogen (secondary N) is 1. The number of carbonyl (C=O) groups is 1. The van der Waals surface area contributed by atoms with Gasteiger partial charge in [0.05, 0.1) is 22.0 Å². The Morgan fingerprint density at radius 1 is 1.14 bits per heavy atom. The molecule has 1 saturated carbocycles. The van der Waals surface area contributed by atoms with Crippen molar-refractivity contribution in [3.05, 3.63) is 58.0 Å². The zero-order chi connectivity index (χ0) is 19.9. The van der Waals surface area contributed by atoms with Gasteiger partial charge < -0.3 is 5.32 Å². The number of aromatic nitrogens is 2. The molecule has 0 saturated heterocycles. The van der Waals surface area contributed by atoms with Crippen molar-refractivity contribution in [2.45, 2.75) is 44.3 Å². The maximum Gasteiger partial charge on any atom is 0.416 e. The predicted octanol–water partition coefficient (Wildman–Crippen LogP) is 3.93. The maximum absolute atomic E-state index is 13.0. The summed E-state index contributed by atoms with van der Waals surface area (Å²) in [7, 11) is 0. The second kappa shape index (κ2) is 6.92. The molecule has 0 radical (unpaired) electrons. The third-order valence-electron chi connectivity index (χ3n) is 5.15. The molecule has 8 heteroatoms. The van der Waals surface area contributed by atoms with Crippen LogP contribution in [-0.4, -0.2) is 21.3 Å². The highest BCUT2D eigenvalue weighted by atomic mass is 19.4. The summed E-state index contributed by atoms with van der Waals surface area (Å²) in [5.74, 6) is -0.330. The van der Waals surface area contributed by atoms with Crippen molar-refractivity contribution in [3.8, 4) is 0 Å². The molecule has 5 nitrogen and oxygen atoms in total. The van der Waals surface area contributed by atoms with Gasteiger partial charge in [-0.3, -0.25) is 14.0 Å². The lowest BCUT2D eigenvalue weighted by molar-refractivity contribution is -0.137. The van der Waals surface area contributed by atoms with E-state index in [1.807, 2.05) is 0 Å². The van der Waals surface area contributed by atoms with Gasteiger partial charge in [0.25, 0.3) is 11.5 Å². The van der Waals surface area contributed by atoms with Crippen LogP contribution in [-0.2, 0) is 6.18 Å². The number of hydrogen-bond acceptors (Lipinski definition) is 3. The Hall–Kier alpha value is -2.90. The highest BCUT2D eigenvalue weighted by Gasteiger charge is 2.31. The number of rotatable bonds is 2. The van der Waals surface area contributed by atoms with Crippen molar-refractivity contribution in [2.24, 2.45) is 0 Å². The standard InChI is InChI=1S/C20H18F3N3O2/c21-20(22,23)12-8-9-16-15(11-12)19(28)26-10-4-7-14(17(26)25-16)18(27)24-13-5-2-1-3-6-13/h4,7-11,13H,1-3,5-6H2,(H,24,27). The van der Waals surface area contributed by atoms with Gasteiger partial charge in [-0.2, -0.15) is 13.2 Å². The minimum atomic E-state index is -4.55. The van der Waals surface area contributed by atoms with Crippen molar-refractivity contribution in [1.29, 1.82) is 0 Å². The number of hydrogen-bond donors (Lipinski definition) is 1. The van der Waals surface area contributed by atoms with Crippen LogP contribution in [0.15, 0.2) is 41.3 Å². The Bertz CT molecular complexity index is 1120. The quantitative estimate of drug-likeness (QED) is 0.676. The minimum Gasteiger partial charge on any atom is -0.349 e. The highest BCUT2D eigenvalue weighted by Crippen LogP contribution is 2.30. The summed E-state index contributed by atoms with van der Waals surface area (Å²) in [5, 5.41) is 2.84.